The summed E-state index contributed by atoms with van der Waals surface area (Å²) in [4.78, 5) is 17.7. The van der Waals surface area contributed by atoms with Crippen molar-refractivity contribution in [1.82, 2.24) is 4.98 Å². The second kappa shape index (κ2) is 4.65. The van der Waals surface area contributed by atoms with Crippen molar-refractivity contribution in [2.24, 2.45) is 0 Å². The zero-order valence-electron chi connectivity index (χ0n) is 9.50. The molecule has 1 aromatic heterocycles. The number of hydrogen-bond acceptors (Lipinski definition) is 3. The van der Waals surface area contributed by atoms with Crippen LogP contribution in [0.1, 0.15) is 10.4 Å². The Morgan fingerprint density at radius 3 is 2.47 bits per heavy atom. The van der Waals surface area contributed by atoms with Crippen molar-refractivity contribution in [2.45, 2.75) is 0 Å². The van der Waals surface area contributed by atoms with E-state index in [-0.39, 0.29) is 5.91 Å². The fourth-order valence-corrected chi connectivity index (χ4v) is 1.48. The van der Waals surface area contributed by atoms with Crippen LogP contribution in [0, 0.1) is 0 Å². The summed E-state index contributed by atoms with van der Waals surface area (Å²) < 4.78 is 0. The molecule has 0 aliphatic rings. The van der Waals surface area contributed by atoms with Gasteiger partial charge in [-0.2, -0.15) is 0 Å². The van der Waals surface area contributed by atoms with Crippen LogP contribution in [0.15, 0.2) is 48.7 Å². The van der Waals surface area contributed by atoms with Crippen LogP contribution in [0.5, 0.6) is 0 Å². The summed E-state index contributed by atoms with van der Waals surface area (Å²) in [7, 11) is 1.70. The Morgan fingerprint density at radius 1 is 1.18 bits per heavy atom. The van der Waals surface area contributed by atoms with Gasteiger partial charge in [-0.05, 0) is 36.4 Å². The molecule has 2 N–H and O–H groups in total. The van der Waals surface area contributed by atoms with Gasteiger partial charge in [-0.1, -0.05) is 6.07 Å². The maximum atomic E-state index is 12.1. The van der Waals surface area contributed by atoms with Crippen molar-refractivity contribution >= 4 is 17.4 Å². The molecule has 0 aliphatic carbocycles. The quantitative estimate of drug-likeness (QED) is 0.797. The average Bonchev–Trinajstić information content (AvgIpc) is 2.39. The van der Waals surface area contributed by atoms with E-state index < -0.39 is 0 Å². The predicted molar refractivity (Wildman–Crippen MR) is 67.8 cm³/mol. The highest BCUT2D eigenvalue weighted by Gasteiger charge is 2.13. The standard InChI is InChI=1S/C13H13N3O/c1-16(12-4-2-3-9-15-12)13(17)10-5-7-11(14)8-6-10/h2-9H,14H2,1H3. The Balaban J connectivity index is 2.23. The molecule has 17 heavy (non-hydrogen) atoms. The molecule has 0 fully saturated rings. The molecule has 4 heteroatoms. The molecule has 2 aromatic rings. The molecule has 0 atom stereocenters. The molecule has 1 aromatic carbocycles. The Morgan fingerprint density at radius 2 is 1.88 bits per heavy atom. The minimum Gasteiger partial charge on any atom is -0.399 e. The molecule has 0 spiro atoms. The minimum atomic E-state index is -0.108. The molecule has 4 nitrogen and oxygen atoms in total. The van der Waals surface area contributed by atoms with Crippen molar-refractivity contribution < 1.29 is 4.79 Å². The minimum absolute atomic E-state index is 0.108. The van der Waals surface area contributed by atoms with Gasteiger partial charge in [-0.25, -0.2) is 4.98 Å². The molecule has 0 aliphatic heterocycles. The van der Waals surface area contributed by atoms with Crippen molar-refractivity contribution in [3.05, 3.63) is 54.2 Å². The third-order valence-electron chi connectivity index (χ3n) is 2.46. The van der Waals surface area contributed by atoms with Crippen molar-refractivity contribution in [2.75, 3.05) is 17.7 Å². The van der Waals surface area contributed by atoms with E-state index in [1.54, 1.807) is 43.6 Å². The molecule has 1 heterocycles. The zero-order chi connectivity index (χ0) is 12.3. The zero-order valence-corrected chi connectivity index (χ0v) is 9.50. The third kappa shape index (κ3) is 2.42. The van der Waals surface area contributed by atoms with Crippen LogP contribution in [-0.4, -0.2) is 17.9 Å². The van der Waals surface area contributed by atoms with Crippen LogP contribution in [0.2, 0.25) is 0 Å². The topological polar surface area (TPSA) is 59.2 Å². The molecule has 0 bridgehead atoms. The van der Waals surface area contributed by atoms with E-state index in [1.165, 1.54) is 4.90 Å². The Hall–Kier alpha value is -2.36. The SMILES string of the molecule is CN(C(=O)c1ccc(N)cc1)c1ccccn1. The smallest absolute Gasteiger partial charge is 0.259 e. The van der Waals surface area contributed by atoms with Crippen molar-refractivity contribution in [3.63, 3.8) is 0 Å². The largest absolute Gasteiger partial charge is 0.399 e. The number of pyridine rings is 1. The highest BCUT2D eigenvalue weighted by atomic mass is 16.2. The van der Waals surface area contributed by atoms with Gasteiger partial charge >= 0.3 is 0 Å². The summed E-state index contributed by atoms with van der Waals surface area (Å²) in [5, 5.41) is 0. The van der Waals surface area contributed by atoms with Crippen LogP contribution < -0.4 is 10.6 Å². The van der Waals surface area contributed by atoms with Gasteiger partial charge < -0.3 is 5.73 Å². The molecule has 1 amide bonds. The van der Waals surface area contributed by atoms with Gasteiger partial charge in [0, 0.05) is 24.5 Å². The maximum absolute atomic E-state index is 12.1. The summed E-state index contributed by atoms with van der Waals surface area (Å²) in [5.41, 5.74) is 6.81. The van der Waals surface area contributed by atoms with Gasteiger partial charge in [-0.3, -0.25) is 9.69 Å². The van der Waals surface area contributed by atoms with Crippen LogP contribution in [0.3, 0.4) is 0 Å². The predicted octanol–water partition coefficient (Wildman–Crippen LogP) is 1.94. The summed E-state index contributed by atoms with van der Waals surface area (Å²) >= 11 is 0. The first kappa shape index (κ1) is 11.1. The van der Waals surface area contributed by atoms with Crippen LogP contribution in [0.25, 0.3) is 0 Å². The van der Waals surface area contributed by atoms with E-state index in [4.69, 9.17) is 5.73 Å². The number of nitrogen functional groups attached to an aromatic ring is 1. The highest BCUT2D eigenvalue weighted by molar-refractivity contribution is 6.05. The van der Waals surface area contributed by atoms with Crippen molar-refractivity contribution in [1.29, 1.82) is 0 Å². The van der Waals surface area contributed by atoms with E-state index in [9.17, 15) is 4.79 Å². The molecule has 86 valence electrons. The molecular weight excluding hydrogens is 214 g/mol. The Kier molecular flexibility index (Phi) is 3.05. The number of carbonyl (C=O) groups is 1. The number of hydrogen-bond donors (Lipinski definition) is 1. The summed E-state index contributed by atoms with van der Waals surface area (Å²) in [6, 6.07) is 12.3. The molecule has 0 saturated heterocycles. The lowest BCUT2D eigenvalue weighted by atomic mass is 10.2. The number of nitrogens with two attached hydrogens (primary N) is 1. The Labute approximate surface area is 99.7 Å². The normalized spacial score (nSPS) is 9.94. The lowest BCUT2D eigenvalue weighted by molar-refractivity contribution is 0.0992. The fourth-order valence-electron chi connectivity index (χ4n) is 1.48. The number of benzene rings is 1. The number of nitrogens with zero attached hydrogens (tertiary/aromatic N) is 2. The van der Waals surface area contributed by atoms with E-state index in [2.05, 4.69) is 4.98 Å². The summed E-state index contributed by atoms with van der Waals surface area (Å²) in [5.74, 6) is 0.512. The number of rotatable bonds is 2. The molecule has 2 rings (SSSR count). The van der Waals surface area contributed by atoms with Gasteiger partial charge in [0.05, 0.1) is 0 Å². The van der Waals surface area contributed by atoms with Gasteiger partial charge in [0.15, 0.2) is 0 Å². The molecular formula is C13H13N3O. The Bertz CT molecular complexity index is 508. The molecule has 0 radical (unpaired) electrons. The molecule has 0 unspecified atom stereocenters. The monoisotopic (exact) mass is 227 g/mol. The van der Waals surface area contributed by atoms with E-state index in [1.807, 2.05) is 12.1 Å². The lowest BCUT2D eigenvalue weighted by Gasteiger charge is -2.15. The number of amides is 1. The van der Waals surface area contributed by atoms with E-state index in [0.717, 1.165) is 0 Å². The fraction of sp³-hybridized carbons (Fsp3) is 0.0769. The first-order valence-electron chi connectivity index (χ1n) is 5.23. The first-order valence-corrected chi connectivity index (χ1v) is 5.23. The molecule has 0 saturated carbocycles. The van der Waals surface area contributed by atoms with Crippen LogP contribution in [-0.2, 0) is 0 Å². The number of aromatic nitrogens is 1. The first-order chi connectivity index (χ1) is 8.18. The van der Waals surface area contributed by atoms with E-state index >= 15 is 0 Å². The maximum Gasteiger partial charge on any atom is 0.259 e. The van der Waals surface area contributed by atoms with Gasteiger partial charge in [-0.15, -0.1) is 0 Å². The van der Waals surface area contributed by atoms with Crippen LogP contribution >= 0.6 is 0 Å². The van der Waals surface area contributed by atoms with Gasteiger partial charge in [0.2, 0.25) is 0 Å². The van der Waals surface area contributed by atoms with Crippen molar-refractivity contribution in [3.8, 4) is 0 Å². The average molecular weight is 227 g/mol. The third-order valence-corrected chi connectivity index (χ3v) is 2.46. The van der Waals surface area contributed by atoms with E-state index in [0.29, 0.717) is 17.1 Å². The lowest BCUT2D eigenvalue weighted by Crippen LogP contribution is -2.26. The second-order valence-corrected chi connectivity index (χ2v) is 3.67. The van der Waals surface area contributed by atoms with Crippen LogP contribution in [0.4, 0.5) is 11.5 Å². The number of carbonyl (C=O) groups excluding carboxylic acids is 1. The van der Waals surface area contributed by atoms with Gasteiger partial charge in [0.1, 0.15) is 5.82 Å². The number of anilines is 2. The van der Waals surface area contributed by atoms with Gasteiger partial charge in [0.25, 0.3) is 5.91 Å². The summed E-state index contributed by atoms with van der Waals surface area (Å²) in [6.07, 6.45) is 1.65. The second-order valence-electron chi connectivity index (χ2n) is 3.67. The summed E-state index contributed by atoms with van der Waals surface area (Å²) in [6.45, 7) is 0. The highest BCUT2D eigenvalue weighted by Crippen LogP contribution is 2.13.